The van der Waals surface area contributed by atoms with Gasteiger partial charge in [-0.3, -0.25) is 0 Å². The fourth-order valence-corrected chi connectivity index (χ4v) is 2.18. The van der Waals surface area contributed by atoms with Crippen molar-refractivity contribution in [2.45, 2.75) is 34.1 Å². The highest BCUT2D eigenvalue weighted by Gasteiger charge is 1.95. The monoisotopic (exact) mass is 206 g/mol. The van der Waals surface area contributed by atoms with Crippen molar-refractivity contribution < 1.29 is 0 Å². The topological polar surface area (TPSA) is 0 Å². The Balaban J connectivity index is 0.000000140. The molecular formula is C13H18S. The molecule has 0 aromatic carbocycles. The number of allylic oxidation sites excluding steroid dienone is 4. The predicted molar refractivity (Wildman–Crippen MR) is 65.9 cm³/mol. The number of aryl methyl sites for hydroxylation is 2. The van der Waals surface area contributed by atoms with Crippen LogP contribution in [0.4, 0.5) is 0 Å². The van der Waals surface area contributed by atoms with Gasteiger partial charge in [-0.15, -0.1) is 11.3 Å². The van der Waals surface area contributed by atoms with Crippen LogP contribution in [-0.4, -0.2) is 0 Å². The summed E-state index contributed by atoms with van der Waals surface area (Å²) in [7, 11) is 0. The second-order valence-electron chi connectivity index (χ2n) is 3.86. The lowest BCUT2D eigenvalue weighted by Crippen LogP contribution is -1.67. The van der Waals surface area contributed by atoms with E-state index >= 15 is 0 Å². The molecule has 0 aliphatic heterocycles. The number of thiophene rings is 1. The Kier molecular flexibility index (Phi) is 4.15. The fraction of sp³-hybridized carbons (Fsp3) is 0.385. The third kappa shape index (κ3) is 3.93. The number of hydrogen-bond acceptors (Lipinski definition) is 1. The molecule has 76 valence electrons. The zero-order chi connectivity index (χ0) is 10.6. The van der Waals surface area contributed by atoms with E-state index in [4.69, 9.17) is 0 Å². The van der Waals surface area contributed by atoms with Crippen LogP contribution in [0, 0.1) is 13.8 Å². The van der Waals surface area contributed by atoms with E-state index in [0.29, 0.717) is 0 Å². The molecule has 1 aromatic rings. The van der Waals surface area contributed by atoms with Gasteiger partial charge in [-0.05, 0) is 46.2 Å². The molecule has 0 saturated carbocycles. The Morgan fingerprint density at radius 3 is 1.43 bits per heavy atom. The highest BCUT2D eigenvalue weighted by molar-refractivity contribution is 7.11. The standard InChI is InChI=1S/C7H10.C6H8S/c1-6-3-4-7(2)5-6;1-5-3-4-6(2)7-5/h3-4H,5H2,1-2H3;3-4H,1-2H3. The fourth-order valence-electron chi connectivity index (χ4n) is 1.40. The average molecular weight is 206 g/mol. The molecule has 0 amide bonds. The van der Waals surface area contributed by atoms with E-state index in [-0.39, 0.29) is 0 Å². The van der Waals surface area contributed by atoms with Gasteiger partial charge < -0.3 is 0 Å². The molecule has 0 nitrogen and oxygen atoms in total. The van der Waals surface area contributed by atoms with Crippen LogP contribution in [0.15, 0.2) is 35.4 Å². The van der Waals surface area contributed by atoms with Crippen molar-refractivity contribution in [3.8, 4) is 0 Å². The lowest BCUT2D eigenvalue weighted by atomic mass is 10.2. The maximum absolute atomic E-state index is 2.18. The summed E-state index contributed by atoms with van der Waals surface area (Å²) in [5.74, 6) is 0. The van der Waals surface area contributed by atoms with Crippen molar-refractivity contribution in [1.29, 1.82) is 0 Å². The van der Waals surface area contributed by atoms with Crippen LogP contribution < -0.4 is 0 Å². The molecule has 1 heterocycles. The highest BCUT2D eigenvalue weighted by Crippen LogP contribution is 2.16. The van der Waals surface area contributed by atoms with Gasteiger partial charge in [0.25, 0.3) is 0 Å². The van der Waals surface area contributed by atoms with Crippen molar-refractivity contribution in [2.75, 3.05) is 0 Å². The van der Waals surface area contributed by atoms with Crippen molar-refractivity contribution in [2.24, 2.45) is 0 Å². The van der Waals surface area contributed by atoms with Gasteiger partial charge >= 0.3 is 0 Å². The van der Waals surface area contributed by atoms with Crippen LogP contribution in [-0.2, 0) is 0 Å². The van der Waals surface area contributed by atoms with Crippen LogP contribution in [0.1, 0.15) is 30.0 Å². The zero-order valence-electron chi connectivity index (χ0n) is 9.42. The minimum Gasteiger partial charge on any atom is -0.146 e. The first-order chi connectivity index (χ1) is 6.58. The zero-order valence-corrected chi connectivity index (χ0v) is 10.2. The molecule has 0 saturated heterocycles. The molecule has 0 atom stereocenters. The molecule has 1 aromatic heterocycles. The molecule has 0 bridgehead atoms. The minimum atomic E-state index is 1.19. The third-order valence-electron chi connectivity index (χ3n) is 2.08. The van der Waals surface area contributed by atoms with E-state index < -0.39 is 0 Å². The molecule has 0 spiro atoms. The molecule has 2 rings (SSSR count). The van der Waals surface area contributed by atoms with Gasteiger partial charge in [-0.25, -0.2) is 0 Å². The van der Waals surface area contributed by atoms with Crippen molar-refractivity contribution in [3.63, 3.8) is 0 Å². The maximum atomic E-state index is 2.18. The normalized spacial score (nSPS) is 14.3. The highest BCUT2D eigenvalue weighted by atomic mass is 32.1. The second kappa shape index (κ2) is 5.16. The van der Waals surface area contributed by atoms with Crippen LogP contribution in [0.2, 0.25) is 0 Å². The Hall–Kier alpha value is -0.820. The molecule has 14 heavy (non-hydrogen) atoms. The van der Waals surface area contributed by atoms with E-state index in [1.807, 2.05) is 11.3 Å². The van der Waals surface area contributed by atoms with Crippen molar-refractivity contribution in [1.82, 2.24) is 0 Å². The molecule has 1 aliphatic rings. The number of rotatable bonds is 0. The second-order valence-corrected chi connectivity index (χ2v) is 5.35. The first-order valence-corrected chi connectivity index (χ1v) is 5.75. The molecule has 1 heteroatoms. The van der Waals surface area contributed by atoms with Gasteiger partial charge in [0.1, 0.15) is 0 Å². The first kappa shape index (κ1) is 11.3. The summed E-state index contributed by atoms with van der Waals surface area (Å²) >= 11 is 1.84. The molecule has 0 fully saturated rings. The van der Waals surface area contributed by atoms with Gasteiger partial charge in [-0.2, -0.15) is 0 Å². The lowest BCUT2D eigenvalue weighted by molar-refractivity contribution is 1.15. The maximum Gasteiger partial charge on any atom is 0.00170 e. The first-order valence-electron chi connectivity index (χ1n) is 4.94. The Morgan fingerprint density at radius 2 is 1.29 bits per heavy atom. The van der Waals surface area contributed by atoms with Crippen LogP contribution >= 0.6 is 11.3 Å². The molecule has 1 aliphatic carbocycles. The van der Waals surface area contributed by atoms with Crippen molar-refractivity contribution >= 4 is 11.3 Å². The van der Waals surface area contributed by atoms with E-state index in [0.717, 1.165) is 0 Å². The van der Waals surface area contributed by atoms with E-state index in [1.54, 1.807) is 0 Å². The summed E-state index contributed by atoms with van der Waals surface area (Å²) < 4.78 is 0. The van der Waals surface area contributed by atoms with E-state index in [2.05, 4.69) is 52.0 Å². The average Bonchev–Trinajstić information content (AvgIpc) is 2.63. The summed E-state index contributed by atoms with van der Waals surface area (Å²) in [6, 6.07) is 4.28. The van der Waals surface area contributed by atoms with Crippen LogP contribution in [0.3, 0.4) is 0 Å². The molecular weight excluding hydrogens is 188 g/mol. The molecule has 0 N–H and O–H groups in total. The summed E-state index contributed by atoms with van der Waals surface area (Å²) in [5, 5.41) is 0. The van der Waals surface area contributed by atoms with E-state index in [9.17, 15) is 0 Å². The van der Waals surface area contributed by atoms with Gasteiger partial charge in [0.05, 0.1) is 0 Å². The van der Waals surface area contributed by atoms with Crippen molar-refractivity contribution in [3.05, 3.63) is 45.2 Å². The Bertz CT molecular complexity index is 321. The summed E-state index contributed by atoms with van der Waals surface area (Å²) in [6.07, 6.45) is 5.55. The van der Waals surface area contributed by atoms with E-state index in [1.165, 1.54) is 27.3 Å². The van der Waals surface area contributed by atoms with Gasteiger partial charge in [0, 0.05) is 9.75 Å². The quantitative estimate of drug-likeness (QED) is 0.579. The Labute approximate surface area is 91.0 Å². The van der Waals surface area contributed by atoms with Crippen LogP contribution in [0.5, 0.6) is 0 Å². The van der Waals surface area contributed by atoms with Gasteiger partial charge in [0.2, 0.25) is 0 Å². The lowest BCUT2D eigenvalue weighted by Gasteiger charge is -1.87. The summed E-state index contributed by atoms with van der Waals surface area (Å²) in [5.41, 5.74) is 2.97. The smallest absolute Gasteiger partial charge is 0.00170 e. The van der Waals surface area contributed by atoms with Gasteiger partial charge in [0.15, 0.2) is 0 Å². The Morgan fingerprint density at radius 1 is 0.857 bits per heavy atom. The van der Waals surface area contributed by atoms with Gasteiger partial charge in [-0.1, -0.05) is 23.3 Å². The summed E-state index contributed by atoms with van der Waals surface area (Å²) in [4.78, 5) is 2.80. The predicted octanol–water partition coefficient (Wildman–Crippen LogP) is 4.65. The largest absolute Gasteiger partial charge is 0.146 e. The number of hydrogen-bond donors (Lipinski definition) is 0. The molecule has 0 unspecified atom stereocenters. The van der Waals surface area contributed by atoms with Crippen LogP contribution in [0.25, 0.3) is 0 Å². The minimum absolute atomic E-state index is 1.19. The molecule has 0 radical (unpaired) electrons. The SMILES string of the molecule is CC1=CC=C(C)C1.Cc1ccc(C)s1. The summed E-state index contributed by atoms with van der Waals surface area (Å²) in [6.45, 7) is 8.56. The third-order valence-corrected chi connectivity index (χ3v) is 3.00.